The van der Waals surface area contributed by atoms with Crippen LogP contribution in [0.15, 0.2) is 194 Å². The summed E-state index contributed by atoms with van der Waals surface area (Å²) in [6.07, 6.45) is 10.2. The first-order valence-electron chi connectivity index (χ1n) is 22.1. The van der Waals surface area contributed by atoms with Crippen molar-refractivity contribution in [2.45, 2.75) is 50.4 Å². The van der Waals surface area contributed by atoms with Crippen molar-refractivity contribution in [3.05, 3.63) is 200 Å². The van der Waals surface area contributed by atoms with Gasteiger partial charge in [0.1, 0.15) is 0 Å². The highest BCUT2D eigenvalue weighted by molar-refractivity contribution is 6.10. The van der Waals surface area contributed by atoms with Gasteiger partial charge in [0.2, 0.25) is 0 Å². The van der Waals surface area contributed by atoms with Crippen LogP contribution < -0.4 is 4.90 Å². The van der Waals surface area contributed by atoms with E-state index in [0.29, 0.717) is 16.2 Å². The van der Waals surface area contributed by atoms with E-state index >= 15 is 0 Å². The molecule has 0 amide bonds. The average molecular weight is 770 g/mol. The monoisotopic (exact) mass is 769 g/mol. The zero-order valence-electron chi connectivity index (χ0n) is 33.9. The van der Waals surface area contributed by atoms with Crippen LogP contribution in [0, 0.1) is 16.7 Å². The van der Waals surface area contributed by atoms with Gasteiger partial charge in [-0.3, -0.25) is 0 Å². The van der Waals surface area contributed by atoms with Gasteiger partial charge in [-0.15, -0.1) is 0 Å². The maximum Gasteiger partial charge on any atom is 0.0540 e. The molecule has 9 aromatic carbocycles. The summed E-state index contributed by atoms with van der Waals surface area (Å²) in [7, 11) is 0. The maximum absolute atomic E-state index is 2.52. The first-order valence-corrected chi connectivity index (χ1v) is 22.1. The SMILES string of the molecule is c1ccc(-c2cccc3ccc(-c4ccc(N(c5ccc(C67CC8CC9(CC(C8)(C9)C6)C7)cc5)c5ccc(-c6cccc7ccccc67)c6ccccc56)cc4)cc23)cc1. The summed E-state index contributed by atoms with van der Waals surface area (Å²) in [6, 6.07) is 72.7. The molecule has 7 aliphatic carbocycles. The quantitative estimate of drug-likeness (QED) is 0.156. The van der Waals surface area contributed by atoms with Crippen LogP contribution in [0.4, 0.5) is 17.1 Å². The van der Waals surface area contributed by atoms with Gasteiger partial charge >= 0.3 is 0 Å². The summed E-state index contributed by atoms with van der Waals surface area (Å²) in [5.74, 6) is 0.934. The number of hydrogen-bond acceptors (Lipinski definition) is 1. The molecule has 0 aromatic heterocycles. The number of nitrogens with zero attached hydrogens (tertiary/aromatic N) is 1. The molecule has 7 saturated carbocycles. The largest absolute Gasteiger partial charge is 0.310 e. The van der Waals surface area contributed by atoms with E-state index in [4.69, 9.17) is 0 Å². The molecule has 1 heteroatoms. The molecule has 0 aliphatic heterocycles. The van der Waals surface area contributed by atoms with Gasteiger partial charge in [-0.2, -0.15) is 0 Å². The van der Waals surface area contributed by atoms with E-state index in [2.05, 4.69) is 199 Å². The number of hydrogen-bond donors (Lipinski definition) is 0. The van der Waals surface area contributed by atoms with Gasteiger partial charge < -0.3 is 4.90 Å². The fourth-order valence-corrected chi connectivity index (χ4v) is 13.9. The molecule has 2 spiro atoms. The van der Waals surface area contributed by atoms with Crippen molar-refractivity contribution >= 4 is 49.4 Å². The van der Waals surface area contributed by atoms with Crippen LogP contribution in [0.5, 0.6) is 0 Å². The smallest absolute Gasteiger partial charge is 0.0540 e. The Morgan fingerprint density at radius 1 is 0.367 bits per heavy atom. The average Bonchev–Trinajstić information content (AvgIpc) is 3.28. The molecule has 4 bridgehead atoms. The van der Waals surface area contributed by atoms with E-state index in [1.165, 1.54) is 122 Å². The zero-order valence-corrected chi connectivity index (χ0v) is 33.9. The van der Waals surface area contributed by atoms with E-state index in [0.717, 1.165) is 11.6 Å². The minimum absolute atomic E-state index is 0.371. The fraction of sp³-hybridized carbons (Fsp3) is 0.186. The molecule has 60 heavy (non-hydrogen) atoms. The highest BCUT2D eigenvalue weighted by Gasteiger charge is 2.71. The summed E-state index contributed by atoms with van der Waals surface area (Å²) in [5, 5.41) is 7.60. The number of fused-ring (bicyclic) bond motifs is 3. The minimum atomic E-state index is 0.371. The molecule has 0 unspecified atom stereocenters. The summed E-state index contributed by atoms with van der Waals surface area (Å²) < 4.78 is 0. The first kappa shape index (κ1) is 34.4. The molecule has 0 radical (unpaired) electrons. The van der Waals surface area contributed by atoms with Crippen LogP contribution >= 0.6 is 0 Å². The molecule has 0 N–H and O–H groups in total. The van der Waals surface area contributed by atoms with Crippen molar-refractivity contribution in [1.29, 1.82) is 0 Å². The molecule has 16 rings (SSSR count). The second-order valence-corrected chi connectivity index (χ2v) is 19.2. The van der Waals surface area contributed by atoms with E-state index in [-0.39, 0.29) is 0 Å². The van der Waals surface area contributed by atoms with Crippen LogP contribution in [0.2, 0.25) is 0 Å². The molecule has 0 heterocycles. The van der Waals surface area contributed by atoms with Gasteiger partial charge in [0, 0.05) is 16.8 Å². The molecule has 7 fully saturated rings. The van der Waals surface area contributed by atoms with Gasteiger partial charge in [0.05, 0.1) is 5.69 Å². The highest BCUT2D eigenvalue weighted by Crippen LogP contribution is 2.80. The molecular weight excluding hydrogens is 723 g/mol. The first-order chi connectivity index (χ1) is 29.5. The molecule has 1 nitrogen and oxygen atoms in total. The Morgan fingerprint density at radius 3 is 1.68 bits per heavy atom. The topological polar surface area (TPSA) is 3.24 Å². The third-order valence-corrected chi connectivity index (χ3v) is 15.4. The van der Waals surface area contributed by atoms with E-state index in [1.807, 2.05) is 0 Å². The highest BCUT2D eigenvalue weighted by atomic mass is 15.1. The van der Waals surface area contributed by atoms with Gasteiger partial charge in [-0.25, -0.2) is 0 Å². The van der Waals surface area contributed by atoms with Crippen LogP contribution in [0.1, 0.15) is 50.5 Å². The summed E-state index contributed by atoms with van der Waals surface area (Å²) >= 11 is 0. The Hall–Kier alpha value is -6.44. The van der Waals surface area contributed by atoms with Crippen molar-refractivity contribution < 1.29 is 0 Å². The Balaban J connectivity index is 0.933. The molecule has 7 aliphatic rings. The lowest BCUT2D eigenvalue weighted by molar-refractivity contribution is -0.232. The van der Waals surface area contributed by atoms with Crippen LogP contribution in [0.3, 0.4) is 0 Å². The Bertz CT molecular complexity index is 3100. The molecule has 0 saturated heterocycles. The third kappa shape index (κ3) is 5.24. The molecular formula is C59H47N. The van der Waals surface area contributed by atoms with Crippen molar-refractivity contribution in [2.75, 3.05) is 4.90 Å². The summed E-state index contributed by atoms with van der Waals surface area (Å²) in [6.45, 7) is 0. The normalized spacial score (nSPS) is 23.6. The van der Waals surface area contributed by atoms with Gasteiger partial charge in [-0.1, -0.05) is 158 Å². The molecule has 288 valence electrons. The lowest BCUT2D eigenvalue weighted by Gasteiger charge is -2.76. The van der Waals surface area contributed by atoms with Gasteiger partial charge in [0.15, 0.2) is 0 Å². The standard InChI is InChI=1S/C59H47N/c1-2-10-42(11-3-1)50-18-8-14-44-20-21-45(32-55(44)50)41-22-26-47(27-23-41)60(48-28-24-46(25-29-48)59-35-40-33-57(38-59)36-58(34-40,37-57)39-59)56-31-30-53(52-16-6-7-17-54(52)56)51-19-9-13-43-12-4-5-15-49(43)51/h1-32,40H,33-39H2. The van der Waals surface area contributed by atoms with Crippen LogP contribution in [-0.4, -0.2) is 0 Å². The molecule has 9 aromatic rings. The number of benzene rings is 9. The predicted molar refractivity (Wildman–Crippen MR) is 252 cm³/mol. The fourth-order valence-electron chi connectivity index (χ4n) is 13.9. The number of anilines is 3. The van der Waals surface area contributed by atoms with Crippen molar-refractivity contribution in [1.82, 2.24) is 0 Å². The van der Waals surface area contributed by atoms with Crippen LogP contribution in [0.25, 0.3) is 65.7 Å². The van der Waals surface area contributed by atoms with Crippen molar-refractivity contribution in [3.63, 3.8) is 0 Å². The minimum Gasteiger partial charge on any atom is -0.310 e. The second-order valence-electron chi connectivity index (χ2n) is 19.2. The number of rotatable bonds is 7. The Labute approximate surface area is 353 Å². The summed E-state index contributed by atoms with van der Waals surface area (Å²) in [4.78, 5) is 2.51. The lowest BCUT2D eigenvalue weighted by Crippen LogP contribution is -2.67. The Morgan fingerprint density at radius 2 is 0.950 bits per heavy atom. The van der Waals surface area contributed by atoms with Gasteiger partial charge in [-0.05, 0) is 169 Å². The van der Waals surface area contributed by atoms with Crippen molar-refractivity contribution in [3.8, 4) is 33.4 Å². The lowest BCUT2D eigenvalue weighted by atomic mass is 9.28. The predicted octanol–water partition coefficient (Wildman–Crippen LogP) is 16.2. The van der Waals surface area contributed by atoms with E-state index < -0.39 is 0 Å². The van der Waals surface area contributed by atoms with E-state index in [9.17, 15) is 0 Å². The maximum atomic E-state index is 2.52. The third-order valence-electron chi connectivity index (χ3n) is 15.4. The second kappa shape index (κ2) is 12.8. The van der Waals surface area contributed by atoms with Gasteiger partial charge in [0.25, 0.3) is 0 Å². The van der Waals surface area contributed by atoms with Crippen LogP contribution in [-0.2, 0) is 5.41 Å². The molecule has 0 atom stereocenters. The van der Waals surface area contributed by atoms with E-state index in [1.54, 1.807) is 5.56 Å². The zero-order chi connectivity index (χ0) is 39.5. The van der Waals surface area contributed by atoms with Crippen molar-refractivity contribution in [2.24, 2.45) is 16.7 Å². The Kier molecular flexibility index (Phi) is 7.33. The summed E-state index contributed by atoms with van der Waals surface area (Å²) in [5.41, 5.74) is 14.3.